The number of amides is 1. The lowest BCUT2D eigenvalue weighted by atomic mass is 9.95. The smallest absolute Gasteiger partial charge is 0.238 e. The van der Waals surface area contributed by atoms with E-state index in [9.17, 15) is 4.79 Å². The molecule has 21 heavy (non-hydrogen) atoms. The number of aryl methyl sites for hydroxylation is 1. The molecule has 0 saturated carbocycles. The molecule has 2 heterocycles. The van der Waals surface area contributed by atoms with Gasteiger partial charge in [0.1, 0.15) is 5.01 Å². The molecule has 4 nitrogen and oxygen atoms in total. The maximum Gasteiger partial charge on any atom is 0.238 e. The second-order valence-corrected chi connectivity index (χ2v) is 6.71. The van der Waals surface area contributed by atoms with Gasteiger partial charge < -0.3 is 10.6 Å². The summed E-state index contributed by atoms with van der Waals surface area (Å²) in [7, 11) is 0. The van der Waals surface area contributed by atoms with Crippen LogP contribution in [0.4, 0.5) is 0 Å². The molecule has 1 aromatic carbocycles. The zero-order valence-electron chi connectivity index (χ0n) is 12.2. The number of hydrogen-bond donors (Lipinski definition) is 2. The first-order chi connectivity index (χ1) is 10.1. The van der Waals surface area contributed by atoms with Gasteiger partial charge in [-0.2, -0.15) is 0 Å². The van der Waals surface area contributed by atoms with E-state index in [1.165, 1.54) is 11.1 Å². The molecule has 0 aliphatic carbocycles. The predicted octanol–water partition coefficient (Wildman–Crippen LogP) is 2.34. The molecule has 110 valence electrons. The van der Waals surface area contributed by atoms with E-state index in [4.69, 9.17) is 0 Å². The standard InChI is InChI=1S/C16H19N3OS/c1-10-8-18-16(21-10)11(2)19-15(20)14-7-12-5-3-4-6-13(12)9-17-14/h3-6,8,11,14,17H,7,9H2,1-2H3,(H,19,20)/t11?,14-/m1/s1. The molecule has 0 radical (unpaired) electrons. The summed E-state index contributed by atoms with van der Waals surface area (Å²) in [6.07, 6.45) is 2.59. The van der Waals surface area contributed by atoms with Crippen molar-refractivity contribution in [3.05, 3.63) is 51.5 Å². The Kier molecular flexibility index (Phi) is 4.03. The Morgan fingerprint density at radius 1 is 1.43 bits per heavy atom. The van der Waals surface area contributed by atoms with Crippen LogP contribution in [-0.2, 0) is 17.8 Å². The van der Waals surface area contributed by atoms with Crippen LogP contribution in [0.3, 0.4) is 0 Å². The van der Waals surface area contributed by atoms with Gasteiger partial charge in [-0.05, 0) is 31.4 Å². The molecule has 1 aromatic heterocycles. The summed E-state index contributed by atoms with van der Waals surface area (Å²) < 4.78 is 0. The molecular weight excluding hydrogens is 282 g/mol. The largest absolute Gasteiger partial charge is 0.346 e. The van der Waals surface area contributed by atoms with Gasteiger partial charge >= 0.3 is 0 Å². The first-order valence-electron chi connectivity index (χ1n) is 7.16. The van der Waals surface area contributed by atoms with E-state index in [1.54, 1.807) is 11.3 Å². The van der Waals surface area contributed by atoms with E-state index >= 15 is 0 Å². The number of hydrogen-bond acceptors (Lipinski definition) is 4. The van der Waals surface area contributed by atoms with Crippen molar-refractivity contribution in [1.82, 2.24) is 15.6 Å². The number of benzene rings is 1. The van der Waals surface area contributed by atoms with Gasteiger partial charge in [0.2, 0.25) is 5.91 Å². The van der Waals surface area contributed by atoms with E-state index < -0.39 is 0 Å². The number of thiazole rings is 1. The predicted molar refractivity (Wildman–Crippen MR) is 84.2 cm³/mol. The summed E-state index contributed by atoms with van der Waals surface area (Å²) >= 11 is 1.63. The monoisotopic (exact) mass is 301 g/mol. The molecule has 2 aromatic rings. The second-order valence-electron chi connectivity index (χ2n) is 5.45. The number of carbonyl (C=O) groups excluding carboxylic acids is 1. The highest BCUT2D eigenvalue weighted by molar-refractivity contribution is 7.11. The van der Waals surface area contributed by atoms with Gasteiger partial charge in [0, 0.05) is 17.6 Å². The van der Waals surface area contributed by atoms with Crippen LogP contribution in [-0.4, -0.2) is 16.9 Å². The van der Waals surface area contributed by atoms with Crippen molar-refractivity contribution in [2.45, 2.75) is 38.9 Å². The van der Waals surface area contributed by atoms with Crippen LogP contribution in [0.2, 0.25) is 0 Å². The summed E-state index contributed by atoms with van der Waals surface area (Å²) in [6, 6.07) is 8.06. The second kappa shape index (κ2) is 5.95. The molecule has 2 N–H and O–H groups in total. The van der Waals surface area contributed by atoms with Crippen LogP contribution in [0.25, 0.3) is 0 Å². The van der Waals surface area contributed by atoms with Crippen LogP contribution in [0.5, 0.6) is 0 Å². The van der Waals surface area contributed by atoms with Gasteiger partial charge in [0.05, 0.1) is 12.1 Å². The van der Waals surface area contributed by atoms with Crippen molar-refractivity contribution in [2.24, 2.45) is 0 Å². The highest BCUT2D eigenvalue weighted by Crippen LogP contribution is 2.20. The number of fused-ring (bicyclic) bond motifs is 1. The fourth-order valence-corrected chi connectivity index (χ4v) is 3.36. The summed E-state index contributed by atoms with van der Waals surface area (Å²) in [5.74, 6) is 0.0462. The van der Waals surface area contributed by atoms with Crippen molar-refractivity contribution in [1.29, 1.82) is 0 Å². The van der Waals surface area contributed by atoms with E-state index in [2.05, 4.69) is 27.8 Å². The van der Waals surface area contributed by atoms with Crippen molar-refractivity contribution in [3.63, 3.8) is 0 Å². The van der Waals surface area contributed by atoms with Crippen molar-refractivity contribution >= 4 is 17.2 Å². The van der Waals surface area contributed by atoms with Crippen LogP contribution in [0.15, 0.2) is 30.5 Å². The summed E-state index contributed by atoms with van der Waals surface area (Å²) in [4.78, 5) is 17.9. The summed E-state index contributed by atoms with van der Waals surface area (Å²) in [5.41, 5.74) is 2.54. The lowest BCUT2D eigenvalue weighted by Crippen LogP contribution is -2.48. The SMILES string of the molecule is Cc1cnc(C(C)NC(=O)[C@H]2Cc3ccccc3CN2)s1. The van der Waals surface area contributed by atoms with Crippen molar-refractivity contribution in [3.8, 4) is 0 Å². The first-order valence-corrected chi connectivity index (χ1v) is 7.98. The maximum atomic E-state index is 12.4. The molecule has 0 spiro atoms. The third kappa shape index (κ3) is 3.14. The molecule has 1 unspecified atom stereocenters. The zero-order chi connectivity index (χ0) is 14.8. The normalized spacial score (nSPS) is 18.9. The number of nitrogens with zero attached hydrogens (tertiary/aromatic N) is 1. The van der Waals surface area contributed by atoms with Gasteiger partial charge in [0.15, 0.2) is 0 Å². The Labute approximate surface area is 128 Å². The van der Waals surface area contributed by atoms with E-state index in [1.807, 2.05) is 32.2 Å². The molecule has 0 saturated heterocycles. The van der Waals surface area contributed by atoms with E-state index in [0.29, 0.717) is 0 Å². The molecule has 1 aliphatic heterocycles. The fraction of sp³-hybridized carbons (Fsp3) is 0.375. The lowest BCUT2D eigenvalue weighted by Gasteiger charge is -2.26. The number of rotatable bonds is 3. The Bertz CT molecular complexity index is 652. The molecule has 0 bridgehead atoms. The number of carbonyl (C=O) groups is 1. The molecule has 1 amide bonds. The fourth-order valence-electron chi connectivity index (χ4n) is 2.59. The Morgan fingerprint density at radius 3 is 2.90 bits per heavy atom. The van der Waals surface area contributed by atoms with E-state index in [0.717, 1.165) is 22.9 Å². The molecule has 3 rings (SSSR count). The van der Waals surface area contributed by atoms with Gasteiger partial charge in [0.25, 0.3) is 0 Å². The average molecular weight is 301 g/mol. The average Bonchev–Trinajstić information content (AvgIpc) is 2.93. The molecule has 2 atom stereocenters. The Hall–Kier alpha value is -1.72. The van der Waals surface area contributed by atoms with E-state index in [-0.39, 0.29) is 18.0 Å². The van der Waals surface area contributed by atoms with Crippen molar-refractivity contribution in [2.75, 3.05) is 0 Å². The lowest BCUT2D eigenvalue weighted by molar-refractivity contribution is -0.124. The highest BCUT2D eigenvalue weighted by atomic mass is 32.1. The van der Waals surface area contributed by atoms with Gasteiger partial charge in [-0.25, -0.2) is 4.98 Å². The quantitative estimate of drug-likeness (QED) is 0.915. The number of aromatic nitrogens is 1. The van der Waals surface area contributed by atoms with Crippen molar-refractivity contribution < 1.29 is 4.79 Å². The number of nitrogens with one attached hydrogen (secondary N) is 2. The molecule has 0 fully saturated rings. The van der Waals surface area contributed by atoms with Gasteiger partial charge in [-0.1, -0.05) is 24.3 Å². The first kappa shape index (κ1) is 14.2. The topological polar surface area (TPSA) is 54.0 Å². The minimum atomic E-state index is -0.164. The maximum absolute atomic E-state index is 12.4. The van der Waals surface area contributed by atoms with Crippen LogP contribution in [0, 0.1) is 6.92 Å². The zero-order valence-corrected chi connectivity index (χ0v) is 13.0. The Morgan fingerprint density at radius 2 is 2.19 bits per heavy atom. The Balaban J connectivity index is 1.64. The third-order valence-corrected chi connectivity index (χ3v) is 4.86. The van der Waals surface area contributed by atoms with Crippen LogP contribution >= 0.6 is 11.3 Å². The summed E-state index contributed by atoms with van der Waals surface area (Å²) in [6.45, 7) is 4.75. The summed E-state index contributed by atoms with van der Waals surface area (Å²) in [5, 5.41) is 7.32. The minimum Gasteiger partial charge on any atom is -0.346 e. The van der Waals surface area contributed by atoms with Crippen LogP contribution < -0.4 is 10.6 Å². The minimum absolute atomic E-state index is 0.0461. The molecule has 5 heteroatoms. The highest BCUT2D eigenvalue weighted by Gasteiger charge is 2.25. The van der Waals surface area contributed by atoms with Gasteiger partial charge in [-0.3, -0.25) is 4.79 Å². The van der Waals surface area contributed by atoms with Gasteiger partial charge in [-0.15, -0.1) is 11.3 Å². The van der Waals surface area contributed by atoms with Crippen LogP contribution in [0.1, 0.15) is 34.0 Å². The molecular formula is C16H19N3OS. The third-order valence-electron chi connectivity index (χ3n) is 3.77. The molecule has 1 aliphatic rings.